The highest BCUT2D eigenvalue weighted by Gasteiger charge is 2.33. The number of benzene rings is 1. The fraction of sp³-hybridized carbons (Fsp3) is 0.412. The summed E-state index contributed by atoms with van der Waals surface area (Å²) in [6.45, 7) is 2.87. The summed E-state index contributed by atoms with van der Waals surface area (Å²) in [7, 11) is 0. The number of nitrogens with one attached hydrogen (secondary N) is 1. The SMILES string of the molecule is O=C(c1cc2ccccc2s1)N1CCCC(N2CCNC2=O)C1. The van der Waals surface area contributed by atoms with Gasteiger partial charge in [-0.2, -0.15) is 0 Å². The zero-order valence-corrected chi connectivity index (χ0v) is 13.6. The molecule has 2 aromatic rings. The number of carbonyl (C=O) groups is 2. The van der Waals surface area contributed by atoms with E-state index in [4.69, 9.17) is 0 Å². The van der Waals surface area contributed by atoms with E-state index in [0.29, 0.717) is 13.1 Å². The van der Waals surface area contributed by atoms with Crippen molar-refractivity contribution < 1.29 is 9.59 Å². The Hall–Kier alpha value is -2.08. The van der Waals surface area contributed by atoms with Gasteiger partial charge in [0.15, 0.2) is 0 Å². The average molecular weight is 329 g/mol. The van der Waals surface area contributed by atoms with Crippen LogP contribution in [0.15, 0.2) is 30.3 Å². The van der Waals surface area contributed by atoms with Gasteiger partial charge in [-0.25, -0.2) is 4.79 Å². The summed E-state index contributed by atoms with van der Waals surface area (Å²) in [5, 5.41) is 3.96. The Bertz CT molecular complexity index is 724. The van der Waals surface area contributed by atoms with Gasteiger partial charge in [0, 0.05) is 30.9 Å². The normalized spacial score (nSPS) is 21.7. The van der Waals surface area contributed by atoms with Crippen LogP contribution >= 0.6 is 11.3 Å². The maximum absolute atomic E-state index is 12.8. The molecule has 6 heteroatoms. The van der Waals surface area contributed by atoms with Crippen LogP contribution in [0.4, 0.5) is 4.79 Å². The van der Waals surface area contributed by atoms with Gasteiger partial charge in [-0.3, -0.25) is 4.79 Å². The molecule has 2 aliphatic rings. The van der Waals surface area contributed by atoms with Gasteiger partial charge in [0.25, 0.3) is 5.91 Å². The van der Waals surface area contributed by atoms with E-state index >= 15 is 0 Å². The molecule has 0 radical (unpaired) electrons. The second-order valence-electron chi connectivity index (χ2n) is 6.12. The lowest BCUT2D eigenvalue weighted by molar-refractivity contribution is 0.0639. The van der Waals surface area contributed by atoms with Crippen molar-refractivity contribution in [2.24, 2.45) is 0 Å². The van der Waals surface area contributed by atoms with E-state index in [1.165, 1.54) is 0 Å². The van der Waals surface area contributed by atoms with Crippen LogP contribution in [0.1, 0.15) is 22.5 Å². The van der Waals surface area contributed by atoms with Crippen molar-refractivity contribution >= 4 is 33.4 Å². The highest BCUT2D eigenvalue weighted by atomic mass is 32.1. The zero-order valence-electron chi connectivity index (χ0n) is 12.8. The van der Waals surface area contributed by atoms with Crippen LogP contribution in [0, 0.1) is 0 Å². The molecule has 0 saturated carbocycles. The first-order valence-electron chi connectivity index (χ1n) is 8.05. The number of likely N-dealkylation sites (tertiary alicyclic amines) is 1. The zero-order chi connectivity index (χ0) is 15.8. The molecule has 3 amide bonds. The van der Waals surface area contributed by atoms with E-state index < -0.39 is 0 Å². The maximum Gasteiger partial charge on any atom is 0.317 e. The van der Waals surface area contributed by atoms with Crippen molar-refractivity contribution in [3.8, 4) is 0 Å². The van der Waals surface area contributed by atoms with Crippen LogP contribution < -0.4 is 5.32 Å². The Balaban J connectivity index is 1.52. The lowest BCUT2D eigenvalue weighted by Crippen LogP contribution is -2.50. The largest absolute Gasteiger partial charge is 0.336 e. The van der Waals surface area contributed by atoms with E-state index in [2.05, 4.69) is 5.32 Å². The molecule has 5 nitrogen and oxygen atoms in total. The molecule has 1 atom stereocenters. The summed E-state index contributed by atoms with van der Waals surface area (Å²) in [6.07, 6.45) is 1.93. The van der Waals surface area contributed by atoms with E-state index in [1.807, 2.05) is 40.1 Å². The molecule has 1 aromatic heterocycles. The molecule has 0 spiro atoms. The Morgan fingerprint density at radius 3 is 2.91 bits per heavy atom. The van der Waals surface area contributed by atoms with Crippen LogP contribution in [0.5, 0.6) is 0 Å². The number of amides is 3. The molecule has 1 unspecified atom stereocenters. The third-order valence-corrected chi connectivity index (χ3v) is 5.75. The van der Waals surface area contributed by atoms with Gasteiger partial charge in [-0.15, -0.1) is 11.3 Å². The first-order valence-corrected chi connectivity index (χ1v) is 8.86. The molecule has 23 heavy (non-hydrogen) atoms. The summed E-state index contributed by atoms with van der Waals surface area (Å²) in [5.74, 6) is 0.0931. The number of thiophene rings is 1. The first-order chi connectivity index (χ1) is 11.2. The fourth-order valence-corrected chi connectivity index (χ4v) is 4.50. The maximum atomic E-state index is 12.8. The fourth-order valence-electron chi connectivity index (χ4n) is 3.47. The Morgan fingerprint density at radius 1 is 1.26 bits per heavy atom. The molecule has 2 saturated heterocycles. The number of hydrogen-bond donors (Lipinski definition) is 1. The molecule has 2 fully saturated rings. The lowest BCUT2D eigenvalue weighted by atomic mass is 10.0. The van der Waals surface area contributed by atoms with E-state index in [9.17, 15) is 9.59 Å². The standard InChI is InChI=1S/C17H19N3O2S/c21-16(15-10-12-4-1-2-6-14(12)23-15)19-8-3-5-13(11-19)20-9-7-18-17(20)22/h1-2,4,6,10,13H,3,5,7-9,11H2,(H,18,22). The number of fused-ring (bicyclic) bond motifs is 1. The highest BCUT2D eigenvalue weighted by Crippen LogP contribution is 2.27. The van der Waals surface area contributed by atoms with Crippen molar-refractivity contribution in [3.63, 3.8) is 0 Å². The van der Waals surface area contributed by atoms with Crippen LogP contribution in [-0.4, -0.2) is 54.0 Å². The minimum absolute atomic E-state index is 0.00570. The van der Waals surface area contributed by atoms with Crippen molar-refractivity contribution in [3.05, 3.63) is 35.2 Å². The number of hydrogen-bond acceptors (Lipinski definition) is 3. The molecule has 1 aromatic carbocycles. The Kier molecular flexibility index (Phi) is 3.69. The van der Waals surface area contributed by atoms with Crippen LogP contribution in [0.25, 0.3) is 10.1 Å². The summed E-state index contributed by atoms with van der Waals surface area (Å²) in [6, 6.07) is 10.2. The number of carbonyl (C=O) groups excluding carboxylic acids is 2. The quantitative estimate of drug-likeness (QED) is 0.920. The van der Waals surface area contributed by atoms with Crippen molar-refractivity contribution in [2.75, 3.05) is 26.2 Å². The van der Waals surface area contributed by atoms with Crippen molar-refractivity contribution in [2.45, 2.75) is 18.9 Å². The Morgan fingerprint density at radius 2 is 2.13 bits per heavy atom. The van der Waals surface area contributed by atoms with Crippen LogP contribution in [0.3, 0.4) is 0 Å². The van der Waals surface area contributed by atoms with E-state index in [0.717, 1.165) is 40.9 Å². The predicted molar refractivity (Wildman–Crippen MR) is 90.9 cm³/mol. The Labute approximate surface area is 138 Å². The van der Waals surface area contributed by atoms with Gasteiger partial charge in [0.1, 0.15) is 0 Å². The van der Waals surface area contributed by atoms with Gasteiger partial charge in [0.05, 0.1) is 10.9 Å². The van der Waals surface area contributed by atoms with Gasteiger partial charge in [-0.1, -0.05) is 18.2 Å². The molecule has 4 rings (SSSR count). The topological polar surface area (TPSA) is 52.7 Å². The molecule has 3 heterocycles. The van der Waals surface area contributed by atoms with Crippen molar-refractivity contribution in [1.29, 1.82) is 0 Å². The minimum Gasteiger partial charge on any atom is -0.336 e. The molecule has 0 aliphatic carbocycles. The van der Waals surface area contributed by atoms with Gasteiger partial charge in [0.2, 0.25) is 0 Å². The second kappa shape index (κ2) is 5.85. The second-order valence-corrected chi connectivity index (χ2v) is 7.20. The molecule has 1 N–H and O–H groups in total. The van der Waals surface area contributed by atoms with Crippen molar-refractivity contribution in [1.82, 2.24) is 15.1 Å². The third kappa shape index (κ3) is 2.67. The first kappa shape index (κ1) is 14.5. The molecule has 0 bridgehead atoms. The van der Waals surface area contributed by atoms with Gasteiger partial charge in [-0.05, 0) is 30.4 Å². The third-order valence-electron chi connectivity index (χ3n) is 4.65. The summed E-state index contributed by atoms with van der Waals surface area (Å²) in [4.78, 5) is 29.3. The number of urea groups is 1. The van der Waals surface area contributed by atoms with E-state index in [-0.39, 0.29) is 18.0 Å². The summed E-state index contributed by atoms with van der Waals surface area (Å²) < 4.78 is 1.14. The monoisotopic (exact) mass is 329 g/mol. The predicted octanol–water partition coefficient (Wildman–Crippen LogP) is 2.53. The van der Waals surface area contributed by atoms with Gasteiger partial charge < -0.3 is 15.1 Å². The number of rotatable bonds is 2. The summed E-state index contributed by atoms with van der Waals surface area (Å²) in [5.41, 5.74) is 0. The highest BCUT2D eigenvalue weighted by molar-refractivity contribution is 7.20. The molecule has 120 valence electrons. The van der Waals surface area contributed by atoms with Gasteiger partial charge >= 0.3 is 6.03 Å². The van der Waals surface area contributed by atoms with E-state index in [1.54, 1.807) is 11.3 Å². The number of piperidine rings is 1. The van der Waals surface area contributed by atoms with Crippen LogP contribution in [-0.2, 0) is 0 Å². The van der Waals surface area contributed by atoms with Crippen LogP contribution in [0.2, 0.25) is 0 Å². The number of nitrogens with zero attached hydrogens (tertiary/aromatic N) is 2. The summed E-state index contributed by atoms with van der Waals surface area (Å²) >= 11 is 1.55. The average Bonchev–Trinajstić information content (AvgIpc) is 3.20. The lowest BCUT2D eigenvalue weighted by Gasteiger charge is -2.36. The molecular formula is C17H19N3O2S. The smallest absolute Gasteiger partial charge is 0.317 e. The molecule has 2 aliphatic heterocycles. The minimum atomic E-state index is 0.00570. The molecular weight excluding hydrogens is 310 g/mol.